The molecule has 86 valence electrons. The Morgan fingerprint density at radius 1 is 0.875 bits per heavy atom. The second kappa shape index (κ2) is 5.55. The number of hydrogen-bond acceptors (Lipinski definition) is 4. The largest absolute Gasteiger partial charge is 0.468 e. The number of furan rings is 2. The van der Waals surface area contributed by atoms with Gasteiger partial charge in [-0.05, 0) is 38.1 Å². The van der Waals surface area contributed by atoms with Gasteiger partial charge in [-0.3, -0.25) is 0 Å². The van der Waals surface area contributed by atoms with Crippen LogP contribution < -0.4 is 0 Å². The van der Waals surface area contributed by atoms with E-state index in [9.17, 15) is 0 Å². The third kappa shape index (κ3) is 2.89. The minimum atomic E-state index is 0.359. The minimum Gasteiger partial charge on any atom is -0.468 e. The highest BCUT2D eigenvalue weighted by Crippen LogP contribution is 2.45. The Hall–Kier alpha value is -0.740. The van der Waals surface area contributed by atoms with Gasteiger partial charge in [-0.15, -0.1) is 0 Å². The van der Waals surface area contributed by atoms with Crippen molar-refractivity contribution in [2.24, 2.45) is 0 Å². The summed E-state index contributed by atoms with van der Waals surface area (Å²) in [6, 6.07) is 7.87. The second-order valence-corrected chi connectivity index (χ2v) is 6.46. The van der Waals surface area contributed by atoms with E-state index in [0.29, 0.717) is 10.5 Å². The van der Waals surface area contributed by atoms with Crippen LogP contribution in [0.3, 0.4) is 0 Å². The lowest BCUT2D eigenvalue weighted by atomic mass is 10.4. The molecule has 2 unspecified atom stereocenters. The van der Waals surface area contributed by atoms with Crippen LogP contribution >= 0.6 is 21.6 Å². The molecule has 0 spiro atoms. The average Bonchev–Trinajstić information content (AvgIpc) is 2.95. The summed E-state index contributed by atoms with van der Waals surface area (Å²) in [5, 5.41) is 0.717. The molecule has 0 N–H and O–H groups in total. The van der Waals surface area contributed by atoms with Gasteiger partial charge < -0.3 is 8.83 Å². The molecule has 4 heteroatoms. The molecule has 0 saturated carbocycles. The van der Waals surface area contributed by atoms with Gasteiger partial charge >= 0.3 is 0 Å². The molecule has 2 aromatic rings. The highest BCUT2D eigenvalue weighted by atomic mass is 33.1. The van der Waals surface area contributed by atoms with E-state index < -0.39 is 0 Å². The van der Waals surface area contributed by atoms with Crippen molar-refractivity contribution in [3.05, 3.63) is 48.3 Å². The van der Waals surface area contributed by atoms with Crippen LogP contribution in [0.4, 0.5) is 0 Å². The van der Waals surface area contributed by atoms with Crippen LogP contribution in [0.1, 0.15) is 35.9 Å². The first-order valence-corrected chi connectivity index (χ1v) is 7.44. The summed E-state index contributed by atoms with van der Waals surface area (Å²) in [5.74, 6) is 2.04. The number of hydrogen-bond donors (Lipinski definition) is 0. The van der Waals surface area contributed by atoms with Crippen LogP contribution in [-0.2, 0) is 0 Å². The molecule has 0 aliphatic rings. The Labute approximate surface area is 103 Å². The fraction of sp³-hybridized carbons (Fsp3) is 0.333. The summed E-state index contributed by atoms with van der Waals surface area (Å²) in [6.07, 6.45) is 3.43. The van der Waals surface area contributed by atoms with Crippen molar-refractivity contribution in [2.45, 2.75) is 24.3 Å². The van der Waals surface area contributed by atoms with E-state index >= 15 is 0 Å². The fourth-order valence-electron chi connectivity index (χ4n) is 1.31. The van der Waals surface area contributed by atoms with Gasteiger partial charge in [0.1, 0.15) is 11.5 Å². The molecule has 0 fully saturated rings. The van der Waals surface area contributed by atoms with Crippen LogP contribution in [0, 0.1) is 0 Å². The molecule has 0 amide bonds. The number of rotatable bonds is 5. The van der Waals surface area contributed by atoms with Gasteiger partial charge in [0, 0.05) is 0 Å². The zero-order chi connectivity index (χ0) is 11.4. The van der Waals surface area contributed by atoms with Crippen LogP contribution in [0.5, 0.6) is 0 Å². The van der Waals surface area contributed by atoms with Gasteiger partial charge in [-0.1, -0.05) is 21.6 Å². The van der Waals surface area contributed by atoms with Gasteiger partial charge in [0.15, 0.2) is 0 Å². The summed E-state index contributed by atoms with van der Waals surface area (Å²) >= 11 is 0. The Kier molecular flexibility index (Phi) is 4.07. The smallest absolute Gasteiger partial charge is 0.117 e. The molecular formula is C12H14O2S2. The Morgan fingerprint density at radius 2 is 1.31 bits per heavy atom. The van der Waals surface area contributed by atoms with Gasteiger partial charge in [-0.2, -0.15) is 0 Å². The van der Waals surface area contributed by atoms with Crippen molar-refractivity contribution in [1.29, 1.82) is 0 Å². The molecule has 16 heavy (non-hydrogen) atoms. The van der Waals surface area contributed by atoms with Gasteiger partial charge in [-0.25, -0.2) is 0 Å². The molecule has 2 heterocycles. The van der Waals surface area contributed by atoms with E-state index in [2.05, 4.69) is 13.8 Å². The molecule has 2 nitrogen and oxygen atoms in total. The second-order valence-electron chi connectivity index (χ2n) is 3.51. The highest BCUT2D eigenvalue weighted by Gasteiger charge is 2.14. The van der Waals surface area contributed by atoms with Crippen molar-refractivity contribution < 1.29 is 8.83 Å². The molecular weight excluding hydrogens is 240 g/mol. The van der Waals surface area contributed by atoms with Gasteiger partial charge in [0.25, 0.3) is 0 Å². The van der Waals surface area contributed by atoms with Gasteiger partial charge in [0.05, 0.1) is 23.0 Å². The standard InChI is InChI=1S/C12H14O2S2/c1-9(11-5-3-7-13-11)15-16-10(2)12-6-4-8-14-12/h3-10H,1-2H3. The minimum absolute atomic E-state index is 0.359. The van der Waals surface area contributed by atoms with Crippen molar-refractivity contribution in [3.8, 4) is 0 Å². The van der Waals surface area contributed by atoms with Crippen molar-refractivity contribution >= 4 is 21.6 Å². The maximum absolute atomic E-state index is 5.36. The van der Waals surface area contributed by atoms with Crippen LogP contribution in [0.25, 0.3) is 0 Å². The Bertz CT molecular complexity index is 354. The van der Waals surface area contributed by atoms with E-state index in [0.717, 1.165) is 11.5 Å². The SMILES string of the molecule is CC(SSC(C)c1ccco1)c1ccco1. The maximum atomic E-state index is 5.36. The molecule has 0 aromatic carbocycles. The lowest BCUT2D eigenvalue weighted by Gasteiger charge is -2.11. The molecule has 0 bridgehead atoms. The van der Waals surface area contributed by atoms with Crippen molar-refractivity contribution in [2.75, 3.05) is 0 Å². The first-order chi connectivity index (χ1) is 7.77. The van der Waals surface area contributed by atoms with Crippen LogP contribution in [0.2, 0.25) is 0 Å². The van der Waals surface area contributed by atoms with E-state index in [1.807, 2.05) is 24.3 Å². The predicted octanol–water partition coefficient (Wildman–Crippen LogP) is 5.08. The molecule has 0 aliphatic heterocycles. The lowest BCUT2D eigenvalue weighted by Crippen LogP contribution is -1.85. The van der Waals surface area contributed by atoms with Crippen molar-refractivity contribution in [3.63, 3.8) is 0 Å². The first kappa shape index (κ1) is 11.7. The first-order valence-electron chi connectivity index (χ1n) is 5.16. The summed E-state index contributed by atoms with van der Waals surface area (Å²) < 4.78 is 10.7. The van der Waals surface area contributed by atoms with E-state index in [4.69, 9.17) is 8.83 Å². The van der Waals surface area contributed by atoms with Gasteiger partial charge in [0.2, 0.25) is 0 Å². The van der Waals surface area contributed by atoms with E-state index in [1.165, 1.54) is 0 Å². The van der Waals surface area contributed by atoms with E-state index in [-0.39, 0.29) is 0 Å². The highest BCUT2D eigenvalue weighted by molar-refractivity contribution is 8.76. The quantitative estimate of drug-likeness (QED) is 0.695. The zero-order valence-corrected chi connectivity index (χ0v) is 10.9. The maximum Gasteiger partial charge on any atom is 0.117 e. The third-order valence-corrected chi connectivity index (χ3v) is 5.45. The molecule has 0 saturated heterocycles. The normalized spacial score (nSPS) is 14.9. The zero-order valence-electron chi connectivity index (χ0n) is 9.25. The predicted molar refractivity (Wildman–Crippen MR) is 69.4 cm³/mol. The lowest BCUT2D eigenvalue weighted by molar-refractivity contribution is 0.512. The summed E-state index contributed by atoms with van der Waals surface area (Å²) in [6.45, 7) is 4.29. The Morgan fingerprint density at radius 3 is 1.62 bits per heavy atom. The van der Waals surface area contributed by atoms with E-state index in [1.54, 1.807) is 34.1 Å². The molecule has 0 radical (unpaired) electrons. The summed E-state index contributed by atoms with van der Waals surface area (Å²) in [5.41, 5.74) is 0. The molecule has 2 aromatic heterocycles. The Balaban J connectivity index is 1.84. The van der Waals surface area contributed by atoms with Crippen LogP contribution in [-0.4, -0.2) is 0 Å². The topological polar surface area (TPSA) is 26.3 Å². The molecule has 2 atom stereocenters. The van der Waals surface area contributed by atoms with Crippen LogP contribution in [0.15, 0.2) is 45.6 Å². The third-order valence-electron chi connectivity index (χ3n) is 2.23. The average molecular weight is 254 g/mol. The molecule has 2 rings (SSSR count). The fourth-order valence-corrected chi connectivity index (χ4v) is 3.67. The van der Waals surface area contributed by atoms with Crippen molar-refractivity contribution in [1.82, 2.24) is 0 Å². The molecule has 0 aliphatic carbocycles. The monoisotopic (exact) mass is 254 g/mol. The summed E-state index contributed by atoms with van der Waals surface area (Å²) in [4.78, 5) is 0. The summed E-state index contributed by atoms with van der Waals surface area (Å²) in [7, 11) is 3.61.